The minimum Gasteiger partial charge on any atom is -0.380 e. The molecule has 1 aromatic carbocycles. The van der Waals surface area contributed by atoms with Crippen LogP contribution in [0.5, 0.6) is 0 Å². The van der Waals surface area contributed by atoms with Crippen molar-refractivity contribution in [3.8, 4) is 0 Å². The summed E-state index contributed by atoms with van der Waals surface area (Å²) in [7, 11) is 0. The fourth-order valence-corrected chi connectivity index (χ4v) is 3.17. The van der Waals surface area contributed by atoms with Gasteiger partial charge in [0.25, 0.3) is 5.69 Å². The van der Waals surface area contributed by atoms with Crippen LogP contribution in [-0.4, -0.2) is 11.0 Å². The van der Waals surface area contributed by atoms with Crippen LogP contribution in [0.15, 0.2) is 18.2 Å². The van der Waals surface area contributed by atoms with Crippen molar-refractivity contribution in [1.29, 1.82) is 0 Å². The van der Waals surface area contributed by atoms with Gasteiger partial charge in [0.2, 0.25) is 0 Å². The van der Waals surface area contributed by atoms with Crippen LogP contribution in [0.25, 0.3) is 0 Å². The maximum Gasteiger partial charge on any atom is 0.272 e. The maximum atomic E-state index is 13.9. The Bertz CT molecular complexity index is 493. The van der Waals surface area contributed by atoms with E-state index in [0.29, 0.717) is 5.69 Å². The Hall–Kier alpha value is -1.65. The summed E-state index contributed by atoms with van der Waals surface area (Å²) in [5.74, 6) is 0.252. The lowest BCUT2D eigenvalue weighted by molar-refractivity contribution is -0.385. The van der Waals surface area contributed by atoms with E-state index < -0.39 is 10.7 Å². The standard InChI is InChI=1S/C16H23FN2O2/c1-2-4-12-5-3-6-13(8-7-12)18-16-10-9-14(19(20)21)11-15(16)17/h9-13,18H,2-8H2,1H3. The van der Waals surface area contributed by atoms with E-state index in [1.54, 1.807) is 0 Å². The second-order valence-corrected chi connectivity index (χ2v) is 5.93. The molecule has 0 spiro atoms. The Morgan fingerprint density at radius 1 is 1.33 bits per heavy atom. The van der Waals surface area contributed by atoms with Crippen molar-refractivity contribution in [1.82, 2.24) is 0 Å². The third-order valence-corrected chi connectivity index (χ3v) is 4.31. The van der Waals surface area contributed by atoms with Crippen molar-refractivity contribution >= 4 is 11.4 Å². The minimum absolute atomic E-state index is 0.207. The second kappa shape index (κ2) is 7.38. The molecule has 0 amide bonds. The van der Waals surface area contributed by atoms with Crippen LogP contribution in [0.3, 0.4) is 0 Å². The van der Waals surface area contributed by atoms with Crippen LogP contribution in [0, 0.1) is 21.8 Å². The summed E-state index contributed by atoms with van der Waals surface area (Å²) in [4.78, 5) is 10.0. The highest BCUT2D eigenvalue weighted by Crippen LogP contribution is 2.29. The zero-order chi connectivity index (χ0) is 15.2. The Kier molecular flexibility index (Phi) is 5.53. The molecule has 1 saturated carbocycles. The molecule has 4 nitrogen and oxygen atoms in total. The van der Waals surface area contributed by atoms with E-state index in [2.05, 4.69) is 12.2 Å². The molecule has 116 valence electrons. The van der Waals surface area contributed by atoms with Gasteiger partial charge < -0.3 is 5.32 Å². The number of nitro groups is 1. The van der Waals surface area contributed by atoms with Gasteiger partial charge in [-0.1, -0.05) is 32.6 Å². The quantitative estimate of drug-likeness (QED) is 0.477. The first-order valence-corrected chi connectivity index (χ1v) is 7.80. The first-order chi connectivity index (χ1) is 10.1. The number of hydrogen-bond donors (Lipinski definition) is 1. The van der Waals surface area contributed by atoms with Gasteiger partial charge >= 0.3 is 0 Å². The molecule has 2 rings (SSSR count). The lowest BCUT2D eigenvalue weighted by Crippen LogP contribution is -2.19. The summed E-state index contributed by atoms with van der Waals surface area (Å²) in [6.45, 7) is 2.22. The van der Waals surface area contributed by atoms with Gasteiger partial charge in [-0.3, -0.25) is 10.1 Å². The molecule has 0 heterocycles. The number of hydrogen-bond acceptors (Lipinski definition) is 3. The zero-order valence-corrected chi connectivity index (χ0v) is 12.5. The number of benzene rings is 1. The lowest BCUT2D eigenvalue weighted by Gasteiger charge is -2.18. The van der Waals surface area contributed by atoms with Gasteiger partial charge in [0.15, 0.2) is 5.82 Å². The van der Waals surface area contributed by atoms with Crippen LogP contribution in [0.1, 0.15) is 51.9 Å². The van der Waals surface area contributed by atoms with Crippen LogP contribution in [0.2, 0.25) is 0 Å². The Morgan fingerprint density at radius 3 is 2.81 bits per heavy atom. The van der Waals surface area contributed by atoms with E-state index in [-0.39, 0.29) is 11.7 Å². The lowest BCUT2D eigenvalue weighted by atomic mass is 9.95. The molecule has 21 heavy (non-hydrogen) atoms. The van der Waals surface area contributed by atoms with E-state index in [4.69, 9.17) is 0 Å². The Balaban J connectivity index is 1.97. The summed E-state index contributed by atoms with van der Waals surface area (Å²) in [6, 6.07) is 4.07. The molecule has 0 saturated heterocycles. The molecule has 2 atom stereocenters. The Morgan fingerprint density at radius 2 is 2.14 bits per heavy atom. The predicted molar refractivity (Wildman–Crippen MR) is 81.9 cm³/mol. The molecule has 0 aromatic heterocycles. The smallest absolute Gasteiger partial charge is 0.272 e. The van der Waals surface area contributed by atoms with Gasteiger partial charge in [0.05, 0.1) is 16.7 Å². The summed E-state index contributed by atoms with van der Waals surface area (Å²) in [6.07, 6.45) is 8.18. The van der Waals surface area contributed by atoms with Crippen molar-refractivity contribution in [2.45, 2.75) is 57.9 Å². The molecule has 0 radical (unpaired) electrons. The van der Waals surface area contributed by atoms with Gasteiger partial charge in [-0.2, -0.15) is 0 Å². The molecular weight excluding hydrogens is 271 g/mol. The average molecular weight is 294 g/mol. The first-order valence-electron chi connectivity index (χ1n) is 7.80. The molecule has 1 aliphatic carbocycles. The van der Waals surface area contributed by atoms with Crippen molar-refractivity contribution in [3.63, 3.8) is 0 Å². The second-order valence-electron chi connectivity index (χ2n) is 5.93. The maximum absolute atomic E-state index is 13.9. The molecule has 1 fully saturated rings. The van der Waals surface area contributed by atoms with Gasteiger partial charge in [-0.25, -0.2) is 4.39 Å². The van der Waals surface area contributed by atoms with E-state index in [9.17, 15) is 14.5 Å². The van der Waals surface area contributed by atoms with Crippen molar-refractivity contribution < 1.29 is 9.31 Å². The number of rotatable bonds is 5. The van der Waals surface area contributed by atoms with Gasteiger partial charge in [0, 0.05) is 12.1 Å². The fourth-order valence-electron chi connectivity index (χ4n) is 3.17. The molecule has 1 aromatic rings. The number of anilines is 1. The molecule has 2 unspecified atom stereocenters. The number of nitro benzene ring substituents is 1. The highest BCUT2D eigenvalue weighted by molar-refractivity contribution is 5.50. The number of non-ortho nitro benzene ring substituents is 1. The van der Waals surface area contributed by atoms with E-state index in [1.165, 1.54) is 37.8 Å². The third kappa shape index (κ3) is 4.41. The summed E-state index contributed by atoms with van der Waals surface area (Å²) < 4.78 is 13.9. The number of nitrogens with zero attached hydrogens (tertiary/aromatic N) is 1. The van der Waals surface area contributed by atoms with Crippen LogP contribution in [0.4, 0.5) is 15.8 Å². The molecule has 0 aliphatic heterocycles. The summed E-state index contributed by atoms with van der Waals surface area (Å²) >= 11 is 0. The van der Waals surface area contributed by atoms with Crippen LogP contribution in [-0.2, 0) is 0 Å². The van der Waals surface area contributed by atoms with E-state index in [1.807, 2.05) is 0 Å². The normalized spacial score (nSPS) is 22.6. The molecule has 1 aliphatic rings. The van der Waals surface area contributed by atoms with Crippen molar-refractivity contribution in [3.05, 3.63) is 34.1 Å². The summed E-state index contributed by atoms with van der Waals surface area (Å²) in [5, 5.41) is 13.8. The molecule has 1 N–H and O–H groups in total. The predicted octanol–water partition coefficient (Wildman–Crippen LogP) is 4.89. The Labute approximate surface area is 124 Å². The monoisotopic (exact) mass is 294 g/mol. The van der Waals surface area contributed by atoms with Gasteiger partial charge in [-0.05, 0) is 31.2 Å². The van der Waals surface area contributed by atoms with Crippen LogP contribution >= 0.6 is 0 Å². The zero-order valence-electron chi connectivity index (χ0n) is 12.5. The third-order valence-electron chi connectivity index (χ3n) is 4.31. The summed E-state index contributed by atoms with van der Waals surface area (Å²) in [5.41, 5.74) is 0.168. The molecule has 0 bridgehead atoms. The minimum atomic E-state index is -0.576. The van der Waals surface area contributed by atoms with Gasteiger partial charge in [0.1, 0.15) is 0 Å². The van der Waals surface area contributed by atoms with E-state index >= 15 is 0 Å². The fraction of sp³-hybridized carbons (Fsp3) is 0.625. The largest absolute Gasteiger partial charge is 0.380 e. The molecular formula is C16H23FN2O2. The van der Waals surface area contributed by atoms with Crippen molar-refractivity contribution in [2.24, 2.45) is 5.92 Å². The highest BCUT2D eigenvalue weighted by Gasteiger charge is 2.19. The number of halogens is 1. The van der Waals surface area contributed by atoms with Gasteiger partial charge in [-0.15, -0.1) is 0 Å². The highest BCUT2D eigenvalue weighted by atomic mass is 19.1. The van der Waals surface area contributed by atoms with Crippen LogP contribution < -0.4 is 5.32 Å². The topological polar surface area (TPSA) is 55.2 Å². The van der Waals surface area contributed by atoms with Crippen molar-refractivity contribution in [2.75, 3.05) is 5.32 Å². The average Bonchev–Trinajstić information content (AvgIpc) is 2.67. The van der Waals surface area contributed by atoms with E-state index in [0.717, 1.165) is 31.2 Å². The SMILES string of the molecule is CCCC1CCCC(Nc2ccc([N+](=O)[O-])cc2F)CC1. The number of nitrogens with one attached hydrogen (secondary N) is 1. The first kappa shape index (κ1) is 15.7. The molecule has 5 heteroatoms.